The Morgan fingerprint density at radius 2 is 2.07 bits per heavy atom. The molecule has 0 saturated carbocycles. The number of ether oxygens (including phenoxy) is 1. The molecule has 2 saturated heterocycles. The van der Waals surface area contributed by atoms with Crippen molar-refractivity contribution in [1.29, 1.82) is 0 Å². The summed E-state index contributed by atoms with van der Waals surface area (Å²) in [6.07, 6.45) is 6.41. The van der Waals surface area contributed by atoms with E-state index in [1.54, 1.807) is 12.4 Å². The number of carbonyl (C=O) groups excluding carboxylic acids is 1. The van der Waals surface area contributed by atoms with Crippen molar-refractivity contribution in [3.8, 4) is 0 Å². The first-order valence-electron chi connectivity index (χ1n) is 10.2. The summed E-state index contributed by atoms with van der Waals surface area (Å²) in [4.78, 5) is 22.4. The maximum Gasteiger partial charge on any atom is 0.225 e. The van der Waals surface area contributed by atoms with Gasteiger partial charge in [-0.2, -0.15) is 0 Å². The quantitative estimate of drug-likeness (QED) is 0.811. The van der Waals surface area contributed by atoms with Gasteiger partial charge in [0.05, 0.1) is 5.92 Å². The van der Waals surface area contributed by atoms with Crippen LogP contribution in [-0.4, -0.2) is 48.6 Å². The largest absolute Gasteiger partial charge is 0.381 e. The number of hydrogen-bond acceptors (Lipinski definition) is 5. The van der Waals surface area contributed by atoms with Gasteiger partial charge in [-0.25, -0.2) is 0 Å². The zero-order chi connectivity index (χ0) is 19.4. The Balaban J connectivity index is 1.39. The van der Waals surface area contributed by atoms with Crippen LogP contribution in [0.1, 0.15) is 28.2 Å². The molecule has 5 nitrogen and oxygen atoms in total. The molecule has 1 unspecified atom stereocenters. The van der Waals surface area contributed by atoms with E-state index >= 15 is 0 Å². The number of rotatable bonds is 6. The molecule has 4 rings (SSSR count). The molecule has 1 spiro atoms. The van der Waals surface area contributed by atoms with Crippen molar-refractivity contribution >= 4 is 17.2 Å². The highest BCUT2D eigenvalue weighted by Gasteiger charge is 2.50. The lowest BCUT2D eigenvalue weighted by Crippen LogP contribution is -2.44. The van der Waals surface area contributed by atoms with Gasteiger partial charge in [-0.3, -0.25) is 14.7 Å². The summed E-state index contributed by atoms with van der Waals surface area (Å²) in [7, 11) is 0. The average molecular weight is 400 g/mol. The van der Waals surface area contributed by atoms with Crippen LogP contribution in [0, 0.1) is 18.3 Å². The van der Waals surface area contributed by atoms with Gasteiger partial charge in [0.25, 0.3) is 0 Å². The topological polar surface area (TPSA) is 54.5 Å². The second-order valence-corrected chi connectivity index (χ2v) is 9.48. The van der Waals surface area contributed by atoms with Crippen molar-refractivity contribution in [2.24, 2.45) is 11.3 Å². The van der Waals surface area contributed by atoms with Gasteiger partial charge < -0.3 is 10.1 Å². The summed E-state index contributed by atoms with van der Waals surface area (Å²) < 4.78 is 5.63. The van der Waals surface area contributed by atoms with Crippen LogP contribution in [0.5, 0.6) is 0 Å². The lowest BCUT2D eigenvalue weighted by molar-refractivity contribution is -0.129. The van der Waals surface area contributed by atoms with Gasteiger partial charge in [0.15, 0.2) is 0 Å². The molecule has 0 aliphatic carbocycles. The number of nitrogens with one attached hydrogen (secondary N) is 1. The number of nitrogens with zero attached hydrogens (tertiary/aromatic N) is 2. The Labute approximate surface area is 171 Å². The van der Waals surface area contributed by atoms with E-state index in [0.29, 0.717) is 6.54 Å². The summed E-state index contributed by atoms with van der Waals surface area (Å²) in [6.45, 7) is 7.16. The molecule has 1 N–H and O–H groups in total. The Hall–Kier alpha value is -1.76. The van der Waals surface area contributed by atoms with E-state index < -0.39 is 0 Å². The van der Waals surface area contributed by atoms with Crippen LogP contribution in [0.15, 0.2) is 36.7 Å². The molecule has 28 heavy (non-hydrogen) atoms. The second-order valence-electron chi connectivity index (χ2n) is 8.11. The molecule has 2 aromatic heterocycles. The lowest BCUT2D eigenvalue weighted by atomic mass is 9.71. The highest BCUT2D eigenvalue weighted by molar-refractivity contribution is 7.11. The molecule has 4 heterocycles. The highest BCUT2D eigenvalue weighted by Crippen LogP contribution is 2.45. The minimum absolute atomic E-state index is 0.0508. The van der Waals surface area contributed by atoms with E-state index in [0.717, 1.165) is 52.1 Å². The Morgan fingerprint density at radius 3 is 2.79 bits per heavy atom. The fourth-order valence-corrected chi connectivity index (χ4v) is 5.56. The van der Waals surface area contributed by atoms with E-state index in [9.17, 15) is 4.79 Å². The van der Waals surface area contributed by atoms with Gasteiger partial charge in [-0.15, -0.1) is 11.3 Å². The lowest BCUT2D eigenvalue weighted by Gasteiger charge is -2.37. The summed E-state index contributed by atoms with van der Waals surface area (Å²) in [5.74, 6) is 0.260. The third-order valence-corrected chi connectivity index (χ3v) is 7.15. The third kappa shape index (κ3) is 4.45. The Morgan fingerprint density at radius 1 is 1.29 bits per heavy atom. The highest BCUT2D eigenvalue weighted by atomic mass is 32.1. The minimum atomic E-state index is 0.0508. The summed E-state index contributed by atoms with van der Waals surface area (Å²) >= 11 is 1.86. The monoisotopic (exact) mass is 399 g/mol. The van der Waals surface area contributed by atoms with Crippen molar-refractivity contribution in [3.63, 3.8) is 0 Å². The van der Waals surface area contributed by atoms with E-state index in [1.165, 1.54) is 15.3 Å². The molecular weight excluding hydrogens is 370 g/mol. The van der Waals surface area contributed by atoms with Crippen LogP contribution >= 0.6 is 11.3 Å². The van der Waals surface area contributed by atoms with Crippen LogP contribution < -0.4 is 5.32 Å². The van der Waals surface area contributed by atoms with Crippen LogP contribution in [-0.2, 0) is 22.5 Å². The van der Waals surface area contributed by atoms with E-state index in [1.807, 2.05) is 23.5 Å². The fourth-order valence-electron chi connectivity index (χ4n) is 4.63. The number of aryl methyl sites for hydroxylation is 1. The number of likely N-dealkylation sites (tertiary alicyclic amines) is 1. The van der Waals surface area contributed by atoms with Crippen LogP contribution in [0.25, 0.3) is 0 Å². The van der Waals surface area contributed by atoms with Gasteiger partial charge in [0, 0.05) is 67.0 Å². The van der Waals surface area contributed by atoms with E-state index in [-0.39, 0.29) is 17.2 Å². The number of amides is 1. The summed E-state index contributed by atoms with van der Waals surface area (Å²) in [5.41, 5.74) is 1.27. The molecule has 150 valence electrons. The molecule has 2 aliphatic rings. The first-order valence-corrected chi connectivity index (χ1v) is 11.0. The summed E-state index contributed by atoms with van der Waals surface area (Å²) in [5, 5.41) is 3.21. The normalized spacial score (nSPS) is 21.8. The van der Waals surface area contributed by atoms with Crippen LogP contribution in [0.2, 0.25) is 0 Å². The van der Waals surface area contributed by atoms with Crippen molar-refractivity contribution < 1.29 is 9.53 Å². The fraction of sp³-hybridized carbons (Fsp3) is 0.545. The van der Waals surface area contributed by atoms with Crippen molar-refractivity contribution in [3.05, 3.63) is 52.0 Å². The predicted octanol–water partition coefficient (Wildman–Crippen LogP) is 3.04. The van der Waals surface area contributed by atoms with Crippen LogP contribution in [0.3, 0.4) is 0 Å². The molecule has 1 amide bonds. The number of aromatic nitrogens is 1. The third-order valence-electron chi connectivity index (χ3n) is 6.16. The first-order chi connectivity index (χ1) is 13.6. The van der Waals surface area contributed by atoms with Gasteiger partial charge >= 0.3 is 0 Å². The van der Waals surface area contributed by atoms with Crippen molar-refractivity contribution in [2.75, 3.05) is 32.8 Å². The zero-order valence-corrected chi connectivity index (χ0v) is 17.3. The molecule has 2 aromatic rings. The van der Waals surface area contributed by atoms with Gasteiger partial charge in [0.2, 0.25) is 5.91 Å². The minimum Gasteiger partial charge on any atom is -0.381 e. The zero-order valence-electron chi connectivity index (χ0n) is 16.5. The maximum absolute atomic E-state index is 13.1. The van der Waals surface area contributed by atoms with Crippen molar-refractivity contribution in [1.82, 2.24) is 15.2 Å². The molecule has 0 aromatic carbocycles. The Bertz CT molecular complexity index is 786. The number of thiophene rings is 1. The average Bonchev–Trinajstić information content (AvgIpc) is 3.26. The predicted molar refractivity (Wildman–Crippen MR) is 111 cm³/mol. The molecular formula is C22H29N3O2S. The van der Waals surface area contributed by atoms with Crippen LogP contribution in [0.4, 0.5) is 0 Å². The SMILES string of the molecule is Cc1ccc(CN2CC(C(=O)NCCc3ccncc3)C3(CCOCC3)C2)s1. The molecule has 1 atom stereocenters. The number of carbonyl (C=O) groups is 1. The number of pyridine rings is 1. The molecule has 0 bridgehead atoms. The molecule has 6 heteroatoms. The standard InChI is InChI=1S/C22H29N3O2S/c1-17-2-3-19(28-17)14-25-15-20(22(16-25)7-12-27-13-8-22)21(26)24-11-6-18-4-9-23-10-5-18/h2-5,9-10,20H,6-8,11-16H2,1H3,(H,24,26). The first kappa shape index (κ1) is 19.6. The molecule has 2 fully saturated rings. The summed E-state index contributed by atoms with van der Waals surface area (Å²) in [6, 6.07) is 8.42. The van der Waals surface area contributed by atoms with Crippen molar-refractivity contribution in [2.45, 2.75) is 32.7 Å². The Kier molecular flexibility index (Phi) is 6.09. The van der Waals surface area contributed by atoms with Gasteiger partial charge in [0.1, 0.15) is 0 Å². The molecule has 0 radical (unpaired) electrons. The molecule has 2 aliphatic heterocycles. The maximum atomic E-state index is 13.1. The van der Waals surface area contributed by atoms with E-state index in [4.69, 9.17) is 4.74 Å². The smallest absolute Gasteiger partial charge is 0.225 e. The van der Waals surface area contributed by atoms with E-state index in [2.05, 4.69) is 34.3 Å². The van der Waals surface area contributed by atoms with Gasteiger partial charge in [-0.1, -0.05) is 0 Å². The second kappa shape index (κ2) is 8.72. The number of hydrogen-bond donors (Lipinski definition) is 1. The van der Waals surface area contributed by atoms with Gasteiger partial charge in [-0.05, 0) is 56.0 Å².